The molecular formula is C32H53N3O3. The number of amides is 2. The Labute approximate surface area is 232 Å². The topological polar surface area (TPSA) is 81.7 Å². The van der Waals surface area contributed by atoms with Crippen molar-refractivity contribution in [1.29, 1.82) is 0 Å². The Morgan fingerprint density at radius 3 is 2.34 bits per heavy atom. The summed E-state index contributed by atoms with van der Waals surface area (Å²) >= 11 is 0. The van der Waals surface area contributed by atoms with Gasteiger partial charge in [-0.05, 0) is 69.9 Å². The van der Waals surface area contributed by atoms with Crippen LogP contribution in [-0.2, 0) is 9.59 Å². The van der Waals surface area contributed by atoms with E-state index in [0.29, 0.717) is 12.3 Å². The molecular weight excluding hydrogens is 474 g/mol. The highest BCUT2D eigenvalue weighted by Gasteiger charge is 2.27. The number of hydrogen-bond donors (Lipinski definition) is 3. The number of nitrogens with zero attached hydrogens (tertiary/aromatic N) is 1. The molecule has 0 radical (unpaired) electrons. The van der Waals surface area contributed by atoms with Crippen molar-refractivity contribution in [3.8, 4) is 12.3 Å². The highest BCUT2D eigenvalue weighted by atomic mass is 16.3. The van der Waals surface area contributed by atoms with Gasteiger partial charge in [0.2, 0.25) is 11.8 Å². The Morgan fingerprint density at radius 2 is 1.79 bits per heavy atom. The third kappa shape index (κ3) is 12.7. The quantitative estimate of drug-likeness (QED) is 0.0957. The van der Waals surface area contributed by atoms with E-state index in [4.69, 9.17) is 6.42 Å². The fraction of sp³-hybridized carbons (Fsp3) is 0.688. The summed E-state index contributed by atoms with van der Waals surface area (Å²) in [4.78, 5) is 28.1. The van der Waals surface area contributed by atoms with Gasteiger partial charge in [-0.25, -0.2) is 0 Å². The van der Waals surface area contributed by atoms with Crippen LogP contribution in [0.25, 0.3) is 0 Å². The summed E-state index contributed by atoms with van der Waals surface area (Å²) < 4.78 is 0. The highest BCUT2D eigenvalue weighted by molar-refractivity contribution is 5.84. The molecule has 2 amide bonds. The van der Waals surface area contributed by atoms with Gasteiger partial charge in [0.25, 0.3) is 0 Å². The molecule has 214 valence electrons. The lowest BCUT2D eigenvalue weighted by Gasteiger charge is -2.32. The first-order valence-corrected chi connectivity index (χ1v) is 14.5. The van der Waals surface area contributed by atoms with Crippen LogP contribution >= 0.6 is 0 Å². The summed E-state index contributed by atoms with van der Waals surface area (Å²) in [5.74, 6) is 2.15. The zero-order valence-corrected chi connectivity index (χ0v) is 25.0. The van der Waals surface area contributed by atoms with Gasteiger partial charge in [0.15, 0.2) is 0 Å². The van der Waals surface area contributed by atoms with Crippen molar-refractivity contribution in [2.75, 3.05) is 13.1 Å². The molecule has 0 saturated carbocycles. The minimum atomic E-state index is -0.763. The second kappa shape index (κ2) is 17.0. The van der Waals surface area contributed by atoms with E-state index >= 15 is 0 Å². The normalized spacial score (nSPS) is 16.7. The zero-order valence-electron chi connectivity index (χ0n) is 25.0. The Bertz CT molecular complexity index is 871. The van der Waals surface area contributed by atoms with Crippen LogP contribution < -0.4 is 10.6 Å². The number of allylic oxidation sites excluding steroid dienone is 3. The first-order valence-electron chi connectivity index (χ1n) is 14.5. The number of terminal acetylenes is 1. The third-order valence-electron chi connectivity index (χ3n) is 6.76. The maximum absolute atomic E-state index is 12.9. The van der Waals surface area contributed by atoms with Gasteiger partial charge in [-0.1, -0.05) is 65.5 Å². The summed E-state index contributed by atoms with van der Waals surface area (Å²) in [7, 11) is 0. The van der Waals surface area contributed by atoms with Gasteiger partial charge in [0.05, 0.1) is 6.04 Å². The zero-order chi connectivity index (χ0) is 28.7. The third-order valence-corrected chi connectivity index (χ3v) is 6.76. The van der Waals surface area contributed by atoms with Crippen LogP contribution in [0, 0.1) is 30.1 Å². The first kappa shape index (κ1) is 33.3. The molecule has 1 fully saturated rings. The SMILES string of the molecule is C#CC(/C=C\C(O)=C/C(C)C)C(=O)NC(C)(C)CCCCC(=O)NC(/C(=C\CCC)N1CCCC1)C(C)C. The number of unbranched alkanes of at least 4 members (excludes halogenated alkanes) is 2. The van der Waals surface area contributed by atoms with Crippen molar-refractivity contribution in [3.05, 3.63) is 35.8 Å². The fourth-order valence-corrected chi connectivity index (χ4v) is 4.68. The number of rotatable bonds is 16. The van der Waals surface area contributed by atoms with Crippen molar-refractivity contribution in [3.63, 3.8) is 0 Å². The Hall–Kier alpha value is -2.68. The van der Waals surface area contributed by atoms with Crippen molar-refractivity contribution in [2.24, 2.45) is 17.8 Å². The number of likely N-dealkylation sites (tertiary alicyclic amines) is 1. The van der Waals surface area contributed by atoms with E-state index in [-0.39, 0.29) is 29.5 Å². The molecule has 1 saturated heterocycles. The molecule has 6 heteroatoms. The van der Waals surface area contributed by atoms with Gasteiger partial charge in [0, 0.05) is 30.7 Å². The van der Waals surface area contributed by atoms with Gasteiger partial charge in [-0.3, -0.25) is 9.59 Å². The molecule has 0 aliphatic carbocycles. The van der Waals surface area contributed by atoms with Gasteiger partial charge in [-0.15, -0.1) is 6.42 Å². The molecule has 38 heavy (non-hydrogen) atoms. The van der Waals surface area contributed by atoms with E-state index in [1.807, 2.05) is 27.7 Å². The maximum Gasteiger partial charge on any atom is 0.239 e. The molecule has 0 aromatic heterocycles. The van der Waals surface area contributed by atoms with E-state index in [2.05, 4.69) is 48.3 Å². The predicted octanol–water partition coefficient (Wildman–Crippen LogP) is 6.27. The molecule has 1 heterocycles. The lowest BCUT2D eigenvalue weighted by atomic mass is 9.95. The molecule has 1 rings (SSSR count). The first-order chi connectivity index (χ1) is 17.9. The Morgan fingerprint density at radius 1 is 1.13 bits per heavy atom. The number of aliphatic hydroxyl groups is 1. The molecule has 0 aromatic rings. The average Bonchev–Trinajstić information content (AvgIpc) is 3.35. The Balaban J connectivity index is 2.60. The van der Waals surface area contributed by atoms with Crippen LogP contribution in [0.5, 0.6) is 0 Å². The summed E-state index contributed by atoms with van der Waals surface area (Å²) in [6.45, 7) is 16.5. The monoisotopic (exact) mass is 527 g/mol. The fourth-order valence-electron chi connectivity index (χ4n) is 4.68. The van der Waals surface area contributed by atoms with Gasteiger partial charge in [0.1, 0.15) is 11.7 Å². The van der Waals surface area contributed by atoms with Crippen LogP contribution in [0.2, 0.25) is 0 Å². The number of nitrogens with one attached hydrogen (secondary N) is 2. The molecule has 1 aliphatic heterocycles. The van der Waals surface area contributed by atoms with Crippen molar-refractivity contribution >= 4 is 11.8 Å². The van der Waals surface area contributed by atoms with Crippen LogP contribution in [0.4, 0.5) is 0 Å². The lowest BCUT2D eigenvalue weighted by Crippen LogP contribution is -2.45. The smallest absolute Gasteiger partial charge is 0.239 e. The number of aliphatic hydroxyl groups excluding tert-OH is 1. The maximum atomic E-state index is 12.9. The van der Waals surface area contributed by atoms with E-state index in [1.165, 1.54) is 24.6 Å². The minimum absolute atomic E-state index is 0.0337. The minimum Gasteiger partial charge on any atom is -0.508 e. The molecule has 0 aromatic carbocycles. The van der Waals surface area contributed by atoms with Crippen molar-refractivity contribution in [2.45, 2.75) is 111 Å². The molecule has 0 spiro atoms. The predicted molar refractivity (Wildman–Crippen MR) is 158 cm³/mol. The summed E-state index contributed by atoms with van der Waals surface area (Å²) in [6.07, 6.45) is 19.9. The van der Waals surface area contributed by atoms with Gasteiger partial charge in [-0.2, -0.15) is 0 Å². The summed E-state index contributed by atoms with van der Waals surface area (Å²) in [6, 6.07) is 0.0337. The van der Waals surface area contributed by atoms with Crippen LogP contribution in [0.15, 0.2) is 35.8 Å². The van der Waals surface area contributed by atoms with Crippen LogP contribution in [0.1, 0.15) is 99.8 Å². The lowest BCUT2D eigenvalue weighted by molar-refractivity contribution is -0.124. The number of carbonyl (C=O) groups excluding carboxylic acids is 2. The Kier molecular flexibility index (Phi) is 14.9. The molecule has 3 N–H and O–H groups in total. The van der Waals surface area contributed by atoms with Crippen molar-refractivity contribution in [1.82, 2.24) is 15.5 Å². The number of hydrogen-bond acceptors (Lipinski definition) is 4. The standard InChI is InChI=1S/C32H53N3O3/c1-9-11-16-28(35-21-14-15-22-35)30(25(5)6)33-29(37)17-12-13-20-32(7,8)34-31(38)26(10-2)18-19-27(36)23-24(3)4/h2,16,18-19,23-26,30,36H,9,11-15,17,20-22H2,1,3-8H3,(H,33,37)(H,34,38)/b19-18-,27-23+,28-16+. The molecule has 1 aliphatic rings. The second-order valence-electron chi connectivity index (χ2n) is 11.8. The second-order valence-corrected chi connectivity index (χ2v) is 11.8. The van der Waals surface area contributed by atoms with Crippen molar-refractivity contribution < 1.29 is 14.7 Å². The van der Waals surface area contributed by atoms with E-state index < -0.39 is 11.5 Å². The molecule has 2 unspecified atom stereocenters. The van der Waals surface area contributed by atoms with E-state index in [0.717, 1.165) is 45.2 Å². The number of carbonyl (C=O) groups is 2. The van der Waals surface area contributed by atoms with E-state index in [1.54, 1.807) is 12.2 Å². The molecule has 6 nitrogen and oxygen atoms in total. The molecule has 0 bridgehead atoms. The molecule has 2 atom stereocenters. The van der Waals surface area contributed by atoms with Gasteiger partial charge >= 0.3 is 0 Å². The van der Waals surface area contributed by atoms with Crippen LogP contribution in [-0.4, -0.2) is 46.5 Å². The van der Waals surface area contributed by atoms with E-state index in [9.17, 15) is 14.7 Å². The van der Waals surface area contributed by atoms with Crippen LogP contribution in [0.3, 0.4) is 0 Å². The van der Waals surface area contributed by atoms with Gasteiger partial charge < -0.3 is 20.6 Å². The highest BCUT2D eigenvalue weighted by Crippen LogP contribution is 2.23. The average molecular weight is 528 g/mol. The largest absolute Gasteiger partial charge is 0.508 e. The summed E-state index contributed by atoms with van der Waals surface area (Å²) in [5, 5.41) is 16.3. The summed E-state index contributed by atoms with van der Waals surface area (Å²) in [5.41, 5.74) is 0.820.